The molecule has 0 aromatic heterocycles. The summed E-state index contributed by atoms with van der Waals surface area (Å²) in [5.74, 6) is -1.05. The Bertz CT molecular complexity index is 307. The van der Waals surface area contributed by atoms with Gasteiger partial charge in [0.25, 0.3) is 0 Å². The van der Waals surface area contributed by atoms with E-state index in [9.17, 15) is 9.59 Å². The first-order valence-electron chi connectivity index (χ1n) is 7.36. The molecular formula is C14H26N2O3. The predicted octanol–water partition coefficient (Wildman–Crippen LogP) is 2.51. The highest BCUT2D eigenvalue weighted by molar-refractivity contribution is 5.75. The smallest absolute Gasteiger partial charge is 0.315 e. The molecule has 0 bridgehead atoms. The molecule has 3 N–H and O–H groups in total. The number of carboxylic acid groups (broad SMARTS) is 1. The number of hydrogen-bond donors (Lipinski definition) is 3. The zero-order valence-electron chi connectivity index (χ0n) is 11.9. The van der Waals surface area contributed by atoms with Crippen molar-refractivity contribution in [2.75, 3.05) is 0 Å². The average molecular weight is 270 g/mol. The molecular weight excluding hydrogens is 244 g/mol. The van der Waals surface area contributed by atoms with Gasteiger partial charge in [-0.2, -0.15) is 0 Å². The van der Waals surface area contributed by atoms with E-state index in [1.165, 1.54) is 0 Å². The third kappa shape index (κ3) is 5.49. The van der Waals surface area contributed by atoms with Gasteiger partial charge in [0.15, 0.2) is 0 Å². The molecule has 0 saturated heterocycles. The fourth-order valence-corrected chi connectivity index (χ4v) is 2.68. The summed E-state index contributed by atoms with van der Waals surface area (Å²) in [6.07, 6.45) is 5.96. The molecule has 0 aromatic carbocycles. The molecule has 3 unspecified atom stereocenters. The van der Waals surface area contributed by atoms with Gasteiger partial charge in [-0.25, -0.2) is 4.79 Å². The van der Waals surface area contributed by atoms with Gasteiger partial charge in [-0.3, -0.25) is 4.79 Å². The molecule has 5 heteroatoms. The van der Waals surface area contributed by atoms with E-state index in [0.29, 0.717) is 6.42 Å². The zero-order valence-corrected chi connectivity index (χ0v) is 11.9. The van der Waals surface area contributed by atoms with E-state index in [1.54, 1.807) is 0 Å². The third-order valence-electron chi connectivity index (χ3n) is 3.82. The molecule has 0 aliphatic heterocycles. The minimum absolute atomic E-state index is 0.00557. The first-order chi connectivity index (χ1) is 9.06. The largest absolute Gasteiger partial charge is 0.481 e. The second kappa shape index (κ2) is 8.02. The summed E-state index contributed by atoms with van der Waals surface area (Å²) in [5.41, 5.74) is 0. The lowest BCUT2D eigenvalue weighted by atomic mass is 9.86. The molecule has 1 aliphatic rings. The van der Waals surface area contributed by atoms with Gasteiger partial charge >= 0.3 is 12.0 Å². The lowest BCUT2D eigenvalue weighted by molar-refractivity contribution is -0.143. The molecule has 19 heavy (non-hydrogen) atoms. The van der Waals surface area contributed by atoms with E-state index < -0.39 is 5.97 Å². The van der Waals surface area contributed by atoms with Crippen LogP contribution in [-0.2, 0) is 4.79 Å². The number of amides is 2. The van der Waals surface area contributed by atoms with Crippen molar-refractivity contribution >= 4 is 12.0 Å². The molecule has 110 valence electrons. The van der Waals surface area contributed by atoms with Crippen molar-refractivity contribution in [2.24, 2.45) is 5.92 Å². The van der Waals surface area contributed by atoms with Crippen LogP contribution in [-0.4, -0.2) is 29.2 Å². The third-order valence-corrected chi connectivity index (χ3v) is 3.82. The first kappa shape index (κ1) is 15.8. The number of hydrogen-bond acceptors (Lipinski definition) is 2. The molecule has 3 atom stereocenters. The minimum atomic E-state index is -0.746. The van der Waals surface area contributed by atoms with E-state index in [0.717, 1.165) is 38.5 Å². The van der Waals surface area contributed by atoms with Crippen LogP contribution in [0.15, 0.2) is 0 Å². The van der Waals surface area contributed by atoms with Crippen LogP contribution in [0.3, 0.4) is 0 Å². The van der Waals surface area contributed by atoms with Crippen LogP contribution in [0.1, 0.15) is 58.8 Å². The summed E-state index contributed by atoms with van der Waals surface area (Å²) in [4.78, 5) is 22.8. The second-order valence-electron chi connectivity index (χ2n) is 5.41. The normalized spacial score (nSPS) is 24.5. The van der Waals surface area contributed by atoms with E-state index in [4.69, 9.17) is 5.11 Å². The van der Waals surface area contributed by atoms with Crippen LogP contribution >= 0.6 is 0 Å². The summed E-state index contributed by atoms with van der Waals surface area (Å²) < 4.78 is 0. The SMILES string of the molecule is CCCC(CC)NC(=O)NC1CCCC(C(=O)O)C1. The molecule has 1 saturated carbocycles. The fraction of sp³-hybridized carbons (Fsp3) is 0.857. The molecule has 0 aromatic rings. The Morgan fingerprint density at radius 3 is 2.63 bits per heavy atom. The van der Waals surface area contributed by atoms with Crippen molar-refractivity contribution < 1.29 is 14.7 Å². The Labute approximate surface area is 115 Å². The highest BCUT2D eigenvalue weighted by atomic mass is 16.4. The summed E-state index contributed by atoms with van der Waals surface area (Å²) in [6, 6.07) is 0.0502. The van der Waals surface area contributed by atoms with Gasteiger partial charge in [-0.15, -0.1) is 0 Å². The van der Waals surface area contributed by atoms with Gasteiger partial charge in [0, 0.05) is 12.1 Å². The number of carboxylic acids is 1. The average Bonchev–Trinajstić information content (AvgIpc) is 2.38. The summed E-state index contributed by atoms with van der Waals surface area (Å²) >= 11 is 0. The molecule has 0 spiro atoms. The Kier molecular flexibility index (Phi) is 6.67. The van der Waals surface area contributed by atoms with E-state index in [-0.39, 0.29) is 24.0 Å². The molecule has 5 nitrogen and oxygen atoms in total. The van der Waals surface area contributed by atoms with Crippen molar-refractivity contribution in [3.05, 3.63) is 0 Å². The summed E-state index contributed by atoms with van der Waals surface area (Å²) in [6.45, 7) is 4.16. The summed E-state index contributed by atoms with van der Waals surface area (Å²) in [5, 5.41) is 14.9. The lowest BCUT2D eigenvalue weighted by Crippen LogP contribution is -2.47. The molecule has 0 heterocycles. The fourth-order valence-electron chi connectivity index (χ4n) is 2.68. The predicted molar refractivity (Wildman–Crippen MR) is 74.0 cm³/mol. The Morgan fingerprint density at radius 1 is 1.32 bits per heavy atom. The maximum absolute atomic E-state index is 11.9. The number of carbonyl (C=O) groups is 2. The maximum atomic E-state index is 11.9. The Balaban J connectivity index is 2.37. The minimum Gasteiger partial charge on any atom is -0.481 e. The van der Waals surface area contributed by atoms with E-state index >= 15 is 0 Å². The van der Waals surface area contributed by atoms with Crippen molar-refractivity contribution in [3.63, 3.8) is 0 Å². The van der Waals surface area contributed by atoms with Gasteiger partial charge in [-0.05, 0) is 32.1 Å². The van der Waals surface area contributed by atoms with Crippen molar-refractivity contribution in [2.45, 2.75) is 70.9 Å². The van der Waals surface area contributed by atoms with Gasteiger partial charge in [0.05, 0.1) is 5.92 Å². The standard InChI is InChI=1S/C14H26N2O3/c1-3-6-11(4-2)15-14(19)16-12-8-5-7-10(9-12)13(17)18/h10-12H,3-9H2,1-2H3,(H,17,18)(H2,15,16,19). The Morgan fingerprint density at radius 2 is 2.05 bits per heavy atom. The lowest BCUT2D eigenvalue weighted by Gasteiger charge is -2.28. The van der Waals surface area contributed by atoms with Crippen LogP contribution in [0, 0.1) is 5.92 Å². The number of aliphatic carboxylic acids is 1. The molecule has 1 fully saturated rings. The first-order valence-corrected chi connectivity index (χ1v) is 7.36. The molecule has 1 aliphatic carbocycles. The van der Waals surface area contributed by atoms with E-state index in [2.05, 4.69) is 24.5 Å². The van der Waals surface area contributed by atoms with Crippen LogP contribution in [0.2, 0.25) is 0 Å². The van der Waals surface area contributed by atoms with Crippen molar-refractivity contribution in [1.82, 2.24) is 10.6 Å². The number of rotatable bonds is 6. The van der Waals surface area contributed by atoms with Crippen LogP contribution in [0.5, 0.6) is 0 Å². The van der Waals surface area contributed by atoms with Crippen LogP contribution < -0.4 is 10.6 Å². The molecule has 0 radical (unpaired) electrons. The van der Waals surface area contributed by atoms with Gasteiger partial charge < -0.3 is 15.7 Å². The highest BCUT2D eigenvalue weighted by Crippen LogP contribution is 2.24. The number of urea groups is 1. The van der Waals surface area contributed by atoms with Gasteiger partial charge in [0.1, 0.15) is 0 Å². The van der Waals surface area contributed by atoms with Crippen molar-refractivity contribution in [3.8, 4) is 0 Å². The van der Waals surface area contributed by atoms with E-state index in [1.807, 2.05) is 0 Å². The monoisotopic (exact) mass is 270 g/mol. The topological polar surface area (TPSA) is 78.4 Å². The number of nitrogens with one attached hydrogen (secondary N) is 2. The Hall–Kier alpha value is -1.26. The van der Waals surface area contributed by atoms with Gasteiger partial charge in [0.2, 0.25) is 0 Å². The maximum Gasteiger partial charge on any atom is 0.315 e. The highest BCUT2D eigenvalue weighted by Gasteiger charge is 2.27. The van der Waals surface area contributed by atoms with Crippen LogP contribution in [0.4, 0.5) is 4.79 Å². The van der Waals surface area contributed by atoms with Gasteiger partial charge in [-0.1, -0.05) is 26.7 Å². The second-order valence-corrected chi connectivity index (χ2v) is 5.41. The van der Waals surface area contributed by atoms with Crippen molar-refractivity contribution in [1.29, 1.82) is 0 Å². The number of carbonyl (C=O) groups excluding carboxylic acids is 1. The quantitative estimate of drug-likeness (QED) is 0.694. The molecule has 1 rings (SSSR count). The zero-order chi connectivity index (χ0) is 14.3. The molecule has 2 amide bonds. The summed E-state index contributed by atoms with van der Waals surface area (Å²) in [7, 11) is 0. The van der Waals surface area contributed by atoms with Crippen LogP contribution in [0.25, 0.3) is 0 Å².